The molecule has 1 aromatic heterocycles. The second kappa shape index (κ2) is 8.76. The van der Waals surface area contributed by atoms with Crippen molar-refractivity contribution in [2.24, 2.45) is 0 Å². The van der Waals surface area contributed by atoms with Crippen molar-refractivity contribution in [3.05, 3.63) is 70.6 Å². The average molecular weight is 357 g/mol. The van der Waals surface area contributed by atoms with E-state index in [2.05, 4.69) is 16.8 Å². The highest BCUT2D eigenvalue weighted by atomic mass is 35.5. The maximum atomic E-state index is 11.9. The molecule has 0 saturated carbocycles. The van der Waals surface area contributed by atoms with Crippen LogP contribution in [0.25, 0.3) is 0 Å². The lowest BCUT2D eigenvalue weighted by Crippen LogP contribution is -2.24. The summed E-state index contributed by atoms with van der Waals surface area (Å²) in [5, 5.41) is 1.94. The molecule has 5 nitrogen and oxygen atoms in total. The van der Waals surface area contributed by atoms with Gasteiger partial charge in [-0.15, -0.1) is 0 Å². The number of ether oxygens (including phenoxy) is 1. The number of anilines is 1. The number of hydroxylamine groups is 1. The number of benzene rings is 1. The molecule has 0 fully saturated rings. The maximum Gasteiger partial charge on any atom is 0.361 e. The molecule has 0 unspecified atom stereocenters. The van der Waals surface area contributed by atoms with Crippen LogP contribution in [-0.4, -0.2) is 25.1 Å². The SMILES string of the molecule is COC=C(C)C(=O)ON(C)c1cccc(C#Cc2ccc(Cl)cc2)n1. The van der Waals surface area contributed by atoms with Crippen molar-refractivity contribution in [1.29, 1.82) is 0 Å². The Hall–Kier alpha value is -2.97. The molecule has 2 rings (SSSR count). The fourth-order valence-corrected chi connectivity index (χ4v) is 1.93. The molecule has 1 aromatic carbocycles. The van der Waals surface area contributed by atoms with E-state index in [1.54, 1.807) is 44.3 Å². The zero-order chi connectivity index (χ0) is 18.2. The van der Waals surface area contributed by atoms with Gasteiger partial charge in [-0.3, -0.25) is 0 Å². The third kappa shape index (κ3) is 5.55. The third-order valence-corrected chi connectivity index (χ3v) is 3.32. The molecule has 0 amide bonds. The minimum Gasteiger partial charge on any atom is -0.504 e. The molecule has 128 valence electrons. The number of hydrogen-bond acceptors (Lipinski definition) is 5. The molecule has 0 aliphatic rings. The Morgan fingerprint density at radius 1 is 1.20 bits per heavy atom. The first-order chi connectivity index (χ1) is 12.0. The lowest BCUT2D eigenvalue weighted by atomic mass is 10.2. The monoisotopic (exact) mass is 356 g/mol. The van der Waals surface area contributed by atoms with Crippen LogP contribution in [0.3, 0.4) is 0 Å². The highest BCUT2D eigenvalue weighted by Gasteiger charge is 2.12. The number of nitrogens with zero attached hydrogens (tertiary/aromatic N) is 2. The van der Waals surface area contributed by atoms with Gasteiger partial charge in [-0.1, -0.05) is 23.6 Å². The molecule has 1 heterocycles. The number of hydrogen-bond donors (Lipinski definition) is 0. The van der Waals surface area contributed by atoms with E-state index in [1.807, 2.05) is 12.1 Å². The van der Waals surface area contributed by atoms with Gasteiger partial charge < -0.3 is 9.57 Å². The Balaban J connectivity index is 2.12. The van der Waals surface area contributed by atoms with Crippen molar-refractivity contribution in [3.8, 4) is 11.8 Å². The van der Waals surface area contributed by atoms with Crippen molar-refractivity contribution in [3.63, 3.8) is 0 Å². The number of rotatable bonds is 4. The Morgan fingerprint density at radius 3 is 2.60 bits per heavy atom. The van der Waals surface area contributed by atoms with Crippen LogP contribution in [-0.2, 0) is 14.4 Å². The first-order valence-corrected chi connectivity index (χ1v) is 7.77. The van der Waals surface area contributed by atoms with Gasteiger partial charge in [0.2, 0.25) is 0 Å². The Bertz CT molecular complexity index is 836. The number of aromatic nitrogens is 1. The van der Waals surface area contributed by atoms with Gasteiger partial charge in [0, 0.05) is 17.6 Å². The van der Waals surface area contributed by atoms with E-state index >= 15 is 0 Å². The normalized spacial score (nSPS) is 10.5. The number of carbonyl (C=O) groups is 1. The minimum atomic E-state index is -0.524. The van der Waals surface area contributed by atoms with Gasteiger partial charge in [0.1, 0.15) is 5.69 Å². The second-order valence-electron chi connectivity index (χ2n) is 5.05. The van der Waals surface area contributed by atoms with Crippen molar-refractivity contribution in [1.82, 2.24) is 4.98 Å². The van der Waals surface area contributed by atoms with E-state index in [0.717, 1.165) is 5.56 Å². The topological polar surface area (TPSA) is 51.7 Å². The molecule has 0 atom stereocenters. The highest BCUT2D eigenvalue weighted by molar-refractivity contribution is 6.30. The molecule has 0 bridgehead atoms. The summed E-state index contributed by atoms with van der Waals surface area (Å²) < 4.78 is 4.79. The van der Waals surface area contributed by atoms with Crippen LogP contribution in [0.2, 0.25) is 5.02 Å². The summed E-state index contributed by atoms with van der Waals surface area (Å²) in [7, 11) is 3.06. The largest absolute Gasteiger partial charge is 0.504 e. The van der Waals surface area contributed by atoms with Crippen LogP contribution in [0.4, 0.5) is 5.82 Å². The van der Waals surface area contributed by atoms with E-state index < -0.39 is 5.97 Å². The van der Waals surface area contributed by atoms with Crippen LogP contribution >= 0.6 is 11.6 Å². The van der Waals surface area contributed by atoms with Crippen LogP contribution in [0.5, 0.6) is 0 Å². The van der Waals surface area contributed by atoms with Crippen molar-refractivity contribution in [2.45, 2.75) is 6.92 Å². The highest BCUT2D eigenvalue weighted by Crippen LogP contribution is 2.12. The number of pyridine rings is 1. The van der Waals surface area contributed by atoms with Gasteiger partial charge in [-0.05, 0) is 49.2 Å². The molecule has 0 radical (unpaired) electrons. The van der Waals surface area contributed by atoms with E-state index in [-0.39, 0.29) is 0 Å². The molecule has 25 heavy (non-hydrogen) atoms. The van der Waals surface area contributed by atoms with E-state index in [1.165, 1.54) is 18.4 Å². The molecular weight excluding hydrogens is 340 g/mol. The minimum absolute atomic E-state index is 0.341. The summed E-state index contributed by atoms with van der Waals surface area (Å²) in [4.78, 5) is 21.4. The first-order valence-electron chi connectivity index (χ1n) is 7.40. The Labute approximate surface area is 151 Å². The van der Waals surface area contributed by atoms with Gasteiger partial charge in [0.25, 0.3) is 0 Å². The van der Waals surface area contributed by atoms with Gasteiger partial charge in [0.05, 0.1) is 18.9 Å². The summed E-state index contributed by atoms with van der Waals surface area (Å²) in [6, 6.07) is 12.5. The Morgan fingerprint density at radius 2 is 1.92 bits per heavy atom. The lowest BCUT2D eigenvalue weighted by molar-refractivity contribution is -0.140. The van der Waals surface area contributed by atoms with Crippen LogP contribution in [0.1, 0.15) is 18.2 Å². The Kier molecular flexibility index (Phi) is 6.44. The van der Waals surface area contributed by atoms with E-state index in [9.17, 15) is 4.79 Å². The van der Waals surface area contributed by atoms with Gasteiger partial charge in [-0.2, -0.15) is 5.06 Å². The zero-order valence-corrected chi connectivity index (χ0v) is 14.9. The van der Waals surface area contributed by atoms with Gasteiger partial charge >= 0.3 is 5.97 Å². The summed E-state index contributed by atoms with van der Waals surface area (Å²) in [5.41, 5.74) is 1.73. The predicted octanol–water partition coefficient (Wildman–Crippen LogP) is 3.58. The van der Waals surface area contributed by atoms with Crippen LogP contribution in [0, 0.1) is 11.8 Å². The molecule has 0 spiro atoms. The number of halogens is 1. The molecule has 0 saturated heterocycles. The molecule has 6 heteroatoms. The molecule has 2 aromatic rings. The third-order valence-electron chi connectivity index (χ3n) is 3.07. The molecular formula is C19H17ClN2O3. The average Bonchev–Trinajstić information content (AvgIpc) is 2.61. The van der Waals surface area contributed by atoms with E-state index in [0.29, 0.717) is 22.1 Å². The summed E-state index contributed by atoms with van der Waals surface area (Å²) >= 11 is 5.85. The first kappa shape index (κ1) is 18.4. The van der Waals surface area contributed by atoms with Crippen LogP contribution < -0.4 is 5.06 Å². The molecule has 0 N–H and O–H groups in total. The second-order valence-corrected chi connectivity index (χ2v) is 5.49. The number of methoxy groups -OCH3 is 1. The lowest BCUT2D eigenvalue weighted by Gasteiger charge is -2.17. The summed E-state index contributed by atoms with van der Waals surface area (Å²) in [6.45, 7) is 1.60. The summed E-state index contributed by atoms with van der Waals surface area (Å²) in [5.74, 6) is 5.91. The summed E-state index contributed by atoms with van der Waals surface area (Å²) in [6.07, 6.45) is 1.32. The van der Waals surface area contributed by atoms with Gasteiger partial charge in [0.15, 0.2) is 5.82 Å². The van der Waals surface area contributed by atoms with Gasteiger partial charge in [-0.25, -0.2) is 9.78 Å². The zero-order valence-electron chi connectivity index (χ0n) is 14.1. The maximum absolute atomic E-state index is 11.9. The molecule has 0 aliphatic heterocycles. The predicted molar refractivity (Wildman–Crippen MR) is 96.9 cm³/mol. The smallest absolute Gasteiger partial charge is 0.361 e. The van der Waals surface area contributed by atoms with Crippen molar-refractivity contribution in [2.75, 3.05) is 19.2 Å². The number of carbonyl (C=O) groups excluding carboxylic acids is 1. The van der Waals surface area contributed by atoms with E-state index in [4.69, 9.17) is 21.2 Å². The quantitative estimate of drug-likeness (QED) is 0.363. The molecule has 0 aliphatic carbocycles. The van der Waals surface area contributed by atoms with Crippen LogP contribution in [0.15, 0.2) is 54.3 Å². The van der Waals surface area contributed by atoms with Crippen molar-refractivity contribution >= 4 is 23.4 Å². The van der Waals surface area contributed by atoms with Crippen molar-refractivity contribution < 1.29 is 14.4 Å². The standard InChI is InChI=1S/C19H17ClN2O3/c1-14(13-24-3)19(23)25-22(2)18-6-4-5-17(21-18)12-9-15-7-10-16(20)11-8-15/h4-8,10-11,13H,1-3H3. The fraction of sp³-hybridized carbons (Fsp3) is 0.158. The fourth-order valence-electron chi connectivity index (χ4n) is 1.81.